The predicted octanol–water partition coefficient (Wildman–Crippen LogP) is 4.35. The van der Waals surface area contributed by atoms with Crippen molar-refractivity contribution in [3.05, 3.63) is 23.4 Å². The first kappa shape index (κ1) is 14.4. The molecule has 0 heterocycles. The lowest BCUT2D eigenvalue weighted by atomic mass is 9.72. The Kier molecular flexibility index (Phi) is 4.54. The van der Waals surface area contributed by atoms with Crippen LogP contribution in [-0.4, -0.2) is 23.4 Å². The van der Waals surface area contributed by atoms with Gasteiger partial charge in [-0.2, -0.15) is 0 Å². The van der Waals surface area contributed by atoms with Crippen molar-refractivity contribution in [1.82, 2.24) is 4.90 Å². The maximum Gasteiger partial charge on any atom is 0.0683 e. The molecule has 0 N–H and O–H groups in total. The number of hydrogen-bond donors (Lipinski definition) is 0. The molecular formula is C15H25NS. The number of thiocarbonyl (C=S) groups is 1. The smallest absolute Gasteiger partial charge is 0.0683 e. The highest BCUT2D eigenvalue weighted by atomic mass is 32.1. The van der Waals surface area contributed by atoms with Crippen molar-refractivity contribution in [2.24, 2.45) is 5.41 Å². The zero-order valence-electron chi connectivity index (χ0n) is 11.9. The van der Waals surface area contributed by atoms with Gasteiger partial charge in [-0.05, 0) is 23.0 Å². The fourth-order valence-corrected chi connectivity index (χ4v) is 2.69. The standard InChI is InChI=1S/C15H25NS/c1-7-8-9-10-16(6)13-12(15(3,4)5)11(2)14(13)17/h2,7-10H2,1,3-6H3. The second-order valence-electron chi connectivity index (χ2n) is 5.91. The van der Waals surface area contributed by atoms with Crippen molar-refractivity contribution in [2.45, 2.75) is 47.0 Å². The van der Waals surface area contributed by atoms with E-state index in [2.05, 4.69) is 46.2 Å². The monoisotopic (exact) mass is 251 g/mol. The number of hydrogen-bond acceptors (Lipinski definition) is 2. The fraction of sp³-hybridized carbons (Fsp3) is 0.667. The van der Waals surface area contributed by atoms with E-state index in [1.165, 1.54) is 30.5 Å². The predicted molar refractivity (Wildman–Crippen MR) is 80.4 cm³/mol. The molecule has 0 unspecified atom stereocenters. The van der Waals surface area contributed by atoms with Crippen molar-refractivity contribution in [3.63, 3.8) is 0 Å². The van der Waals surface area contributed by atoms with E-state index in [-0.39, 0.29) is 5.41 Å². The molecule has 0 saturated carbocycles. The Hall–Kier alpha value is -0.630. The van der Waals surface area contributed by atoms with Gasteiger partial charge in [0.1, 0.15) is 0 Å². The zero-order chi connectivity index (χ0) is 13.2. The molecule has 0 spiro atoms. The van der Waals surface area contributed by atoms with Crippen LogP contribution in [0.2, 0.25) is 0 Å². The van der Waals surface area contributed by atoms with Crippen LogP contribution in [0.1, 0.15) is 47.0 Å². The molecule has 0 aromatic carbocycles. The van der Waals surface area contributed by atoms with Crippen molar-refractivity contribution < 1.29 is 0 Å². The number of rotatable bonds is 5. The Labute approximate surface area is 112 Å². The maximum atomic E-state index is 5.43. The van der Waals surface area contributed by atoms with Crippen molar-refractivity contribution >= 4 is 17.1 Å². The lowest BCUT2D eigenvalue weighted by Crippen LogP contribution is -2.37. The highest BCUT2D eigenvalue weighted by Crippen LogP contribution is 2.43. The lowest BCUT2D eigenvalue weighted by molar-refractivity contribution is 0.392. The highest BCUT2D eigenvalue weighted by Gasteiger charge is 2.37. The van der Waals surface area contributed by atoms with Gasteiger partial charge in [-0.1, -0.05) is 59.3 Å². The lowest BCUT2D eigenvalue weighted by Gasteiger charge is -2.41. The second-order valence-corrected chi connectivity index (χ2v) is 6.32. The fourth-order valence-electron chi connectivity index (χ4n) is 2.33. The number of nitrogens with zero attached hydrogens (tertiary/aromatic N) is 1. The Morgan fingerprint density at radius 3 is 2.29 bits per heavy atom. The Bertz CT molecular complexity index is 358. The second kappa shape index (κ2) is 5.34. The Morgan fingerprint density at radius 2 is 1.82 bits per heavy atom. The van der Waals surface area contributed by atoms with Gasteiger partial charge in [0.25, 0.3) is 0 Å². The van der Waals surface area contributed by atoms with Crippen LogP contribution in [0, 0.1) is 5.41 Å². The summed E-state index contributed by atoms with van der Waals surface area (Å²) in [6.07, 6.45) is 3.79. The van der Waals surface area contributed by atoms with Crippen molar-refractivity contribution in [1.29, 1.82) is 0 Å². The van der Waals surface area contributed by atoms with Crippen LogP contribution in [0.5, 0.6) is 0 Å². The van der Waals surface area contributed by atoms with Crippen molar-refractivity contribution in [2.75, 3.05) is 13.6 Å². The molecule has 2 heteroatoms. The van der Waals surface area contributed by atoms with Gasteiger partial charge in [0.15, 0.2) is 0 Å². The quantitative estimate of drug-likeness (QED) is 0.406. The topological polar surface area (TPSA) is 3.24 Å². The maximum absolute atomic E-state index is 5.43. The van der Waals surface area contributed by atoms with Crippen LogP contribution < -0.4 is 0 Å². The van der Waals surface area contributed by atoms with Gasteiger partial charge in [0, 0.05) is 13.6 Å². The molecule has 1 aliphatic rings. The molecule has 0 amide bonds. The van der Waals surface area contributed by atoms with Gasteiger partial charge in [-0.25, -0.2) is 0 Å². The molecule has 0 aliphatic heterocycles. The molecule has 1 rings (SSSR count). The van der Waals surface area contributed by atoms with Crippen LogP contribution >= 0.6 is 12.2 Å². The third-order valence-electron chi connectivity index (χ3n) is 3.26. The van der Waals surface area contributed by atoms with E-state index in [9.17, 15) is 0 Å². The summed E-state index contributed by atoms with van der Waals surface area (Å²) < 4.78 is 0. The summed E-state index contributed by atoms with van der Waals surface area (Å²) in [7, 11) is 2.15. The Balaban J connectivity index is 2.83. The van der Waals surface area contributed by atoms with Gasteiger partial charge < -0.3 is 4.90 Å². The molecule has 0 aromatic rings. The molecular weight excluding hydrogens is 226 g/mol. The third-order valence-corrected chi connectivity index (χ3v) is 3.70. The van der Waals surface area contributed by atoms with Crippen molar-refractivity contribution in [3.8, 4) is 0 Å². The first-order valence-electron chi connectivity index (χ1n) is 6.50. The van der Waals surface area contributed by atoms with E-state index in [0.717, 1.165) is 17.0 Å². The minimum atomic E-state index is 0.147. The summed E-state index contributed by atoms with van der Waals surface area (Å²) in [6.45, 7) is 14.1. The van der Waals surface area contributed by atoms with Gasteiger partial charge in [-0.3, -0.25) is 0 Å². The summed E-state index contributed by atoms with van der Waals surface area (Å²) in [5.41, 5.74) is 3.83. The summed E-state index contributed by atoms with van der Waals surface area (Å²) >= 11 is 5.43. The van der Waals surface area contributed by atoms with Crippen LogP contribution in [0.25, 0.3) is 0 Å². The molecule has 17 heavy (non-hydrogen) atoms. The minimum Gasteiger partial charge on any atom is -0.373 e. The molecule has 0 aromatic heterocycles. The normalized spacial score (nSPS) is 16.3. The Morgan fingerprint density at radius 1 is 1.24 bits per heavy atom. The average molecular weight is 251 g/mol. The molecule has 0 bridgehead atoms. The third kappa shape index (κ3) is 2.98. The summed E-state index contributed by atoms with van der Waals surface area (Å²) in [6, 6.07) is 0. The van der Waals surface area contributed by atoms with Crippen LogP contribution in [0.3, 0.4) is 0 Å². The van der Waals surface area contributed by atoms with Crippen LogP contribution in [0.15, 0.2) is 23.4 Å². The molecule has 0 atom stereocenters. The highest BCUT2D eigenvalue weighted by molar-refractivity contribution is 7.81. The molecule has 0 radical (unpaired) electrons. The van der Waals surface area contributed by atoms with Gasteiger partial charge >= 0.3 is 0 Å². The molecule has 0 fully saturated rings. The molecule has 1 nitrogen and oxygen atoms in total. The van der Waals surface area contributed by atoms with E-state index < -0.39 is 0 Å². The van der Waals surface area contributed by atoms with E-state index >= 15 is 0 Å². The zero-order valence-corrected chi connectivity index (χ0v) is 12.7. The van der Waals surface area contributed by atoms with E-state index in [0.29, 0.717) is 0 Å². The molecule has 0 saturated heterocycles. The summed E-state index contributed by atoms with van der Waals surface area (Å²) in [4.78, 5) is 3.28. The van der Waals surface area contributed by atoms with Crippen LogP contribution in [0.4, 0.5) is 0 Å². The van der Waals surface area contributed by atoms with E-state index in [4.69, 9.17) is 12.2 Å². The number of unbranched alkanes of at least 4 members (excludes halogenated alkanes) is 2. The first-order valence-corrected chi connectivity index (χ1v) is 6.91. The van der Waals surface area contributed by atoms with Crippen LogP contribution in [-0.2, 0) is 0 Å². The van der Waals surface area contributed by atoms with Gasteiger partial charge in [-0.15, -0.1) is 0 Å². The first-order chi connectivity index (χ1) is 7.80. The molecule has 1 aliphatic carbocycles. The van der Waals surface area contributed by atoms with E-state index in [1.807, 2.05) is 0 Å². The minimum absolute atomic E-state index is 0.147. The molecule has 96 valence electrons. The summed E-state index contributed by atoms with van der Waals surface area (Å²) in [5.74, 6) is 0. The van der Waals surface area contributed by atoms with Gasteiger partial charge in [0.2, 0.25) is 0 Å². The SMILES string of the molecule is C=C1C(=S)C(N(C)CCCCC)=C1C(C)(C)C. The van der Waals surface area contributed by atoms with E-state index in [1.54, 1.807) is 0 Å². The largest absolute Gasteiger partial charge is 0.373 e. The average Bonchev–Trinajstić information content (AvgIpc) is 2.22. The van der Waals surface area contributed by atoms with Gasteiger partial charge in [0.05, 0.1) is 10.6 Å². The number of allylic oxidation sites excluding steroid dienone is 2. The summed E-state index contributed by atoms with van der Waals surface area (Å²) in [5, 5.41) is 0.